The van der Waals surface area contributed by atoms with Gasteiger partial charge >= 0.3 is 0 Å². The van der Waals surface area contributed by atoms with E-state index in [-0.39, 0.29) is 0 Å². The SMILES string of the molecule is Nc1cc(-c2cc(CCCN3CCNCC3)n3ncnc(N)c23)ccc1C=NCc1ccccc1. The van der Waals surface area contributed by atoms with E-state index in [9.17, 15) is 0 Å². The van der Waals surface area contributed by atoms with E-state index in [1.807, 2.05) is 41.1 Å². The van der Waals surface area contributed by atoms with Gasteiger partial charge in [-0.3, -0.25) is 4.99 Å². The number of nitrogens with one attached hydrogen (secondary N) is 1. The first-order valence-corrected chi connectivity index (χ1v) is 12.2. The standard InChI is InChI=1S/C27H32N8/c28-25-15-21(8-9-22(25)18-31-17-20-5-2-1-3-6-20)24-16-23(35-26(24)27(29)32-19-33-35)7-4-12-34-13-10-30-11-14-34/h1-3,5-6,8-9,15-16,18-19,30H,4,7,10-14,17,28H2,(H2,29,32,33). The van der Waals surface area contributed by atoms with Crippen molar-refractivity contribution >= 4 is 23.2 Å². The summed E-state index contributed by atoms with van der Waals surface area (Å²) in [4.78, 5) is 11.3. The zero-order chi connectivity index (χ0) is 24.0. The van der Waals surface area contributed by atoms with Crippen molar-refractivity contribution in [2.24, 2.45) is 4.99 Å². The van der Waals surface area contributed by atoms with E-state index in [1.54, 1.807) is 0 Å². The van der Waals surface area contributed by atoms with E-state index in [2.05, 4.69) is 49.6 Å². The number of nitrogens with two attached hydrogens (primary N) is 2. The number of benzene rings is 2. The molecule has 8 nitrogen and oxygen atoms in total. The Morgan fingerprint density at radius 2 is 1.86 bits per heavy atom. The molecule has 2 aromatic carbocycles. The second-order valence-electron chi connectivity index (χ2n) is 8.95. The van der Waals surface area contributed by atoms with Crippen molar-refractivity contribution in [3.8, 4) is 11.1 Å². The number of piperazine rings is 1. The molecule has 2 aromatic heterocycles. The fraction of sp³-hybridized carbons (Fsp3) is 0.296. The second-order valence-corrected chi connectivity index (χ2v) is 8.95. The normalized spacial score (nSPS) is 14.7. The van der Waals surface area contributed by atoms with Gasteiger partial charge in [-0.2, -0.15) is 5.10 Å². The first-order chi connectivity index (χ1) is 17.2. The maximum absolute atomic E-state index is 6.42. The van der Waals surface area contributed by atoms with Gasteiger partial charge in [-0.05, 0) is 42.6 Å². The Morgan fingerprint density at radius 1 is 1.03 bits per heavy atom. The fourth-order valence-corrected chi connectivity index (χ4v) is 4.64. The number of fused-ring (bicyclic) bond motifs is 1. The number of nitrogens with zero attached hydrogens (tertiary/aromatic N) is 5. The van der Waals surface area contributed by atoms with Gasteiger partial charge in [0, 0.05) is 54.9 Å². The molecule has 0 radical (unpaired) electrons. The summed E-state index contributed by atoms with van der Waals surface area (Å²) in [5.74, 6) is 0.468. The minimum Gasteiger partial charge on any atom is -0.398 e. The minimum absolute atomic E-state index is 0.468. The van der Waals surface area contributed by atoms with Crippen LogP contribution in [0.3, 0.4) is 0 Å². The highest BCUT2D eigenvalue weighted by atomic mass is 15.3. The smallest absolute Gasteiger partial charge is 0.151 e. The number of aromatic nitrogens is 3. The molecular formula is C27H32N8. The van der Waals surface area contributed by atoms with E-state index >= 15 is 0 Å². The average Bonchev–Trinajstić information content (AvgIpc) is 3.26. The summed E-state index contributed by atoms with van der Waals surface area (Å²) >= 11 is 0. The zero-order valence-electron chi connectivity index (χ0n) is 19.9. The maximum atomic E-state index is 6.42. The molecule has 3 heterocycles. The predicted molar refractivity (Wildman–Crippen MR) is 143 cm³/mol. The lowest BCUT2D eigenvalue weighted by Crippen LogP contribution is -2.43. The molecular weight excluding hydrogens is 436 g/mol. The van der Waals surface area contributed by atoms with Crippen LogP contribution in [0.15, 0.2) is 65.9 Å². The number of hydrogen-bond donors (Lipinski definition) is 3. The topological polar surface area (TPSA) is 110 Å². The molecule has 180 valence electrons. The Labute approximate surface area is 205 Å². The first kappa shape index (κ1) is 23.0. The summed E-state index contributed by atoms with van der Waals surface area (Å²) in [6.07, 6.45) is 5.34. The van der Waals surface area contributed by atoms with Crippen LogP contribution in [-0.2, 0) is 13.0 Å². The van der Waals surface area contributed by atoms with Gasteiger partial charge in [-0.25, -0.2) is 9.50 Å². The third-order valence-electron chi connectivity index (χ3n) is 6.52. The molecule has 1 saturated heterocycles. The summed E-state index contributed by atoms with van der Waals surface area (Å²) in [5.41, 5.74) is 19.4. The van der Waals surface area contributed by atoms with Crippen molar-refractivity contribution < 1.29 is 0 Å². The van der Waals surface area contributed by atoms with Crippen LogP contribution in [0.5, 0.6) is 0 Å². The molecule has 1 aliphatic heterocycles. The molecule has 0 unspecified atom stereocenters. The molecule has 0 saturated carbocycles. The Bertz CT molecular complexity index is 1310. The number of aliphatic imine (C=N–C) groups is 1. The van der Waals surface area contributed by atoms with Crippen LogP contribution in [0, 0.1) is 0 Å². The van der Waals surface area contributed by atoms with Crippen LogP contribution in [-0.4, -0.2) is 58.4 Å². The van der Waals surface area contributed by atoms with Crippen LogP contribution in [0.4, 0.5) is 11.5 Å². The van der Waals surface area contributed by atoms with Crippen LogP contribution < -0.4 is 16.8 Å². The van der Waals surface area contributed by atoms with Gasteiger partial charge in [0.1, 0.15) is 11.8 Å². The van der Waals surface area contributed by atoms with Gasteiger partial charge in [0.05, 0.1) is 6.54 Å². The summed E-state index contributed by atoms with van der Waals surface area (Å²) in [6.45, 7) is 6.05. The summed E-state index contributed by atoms with van der Waals surface area (Å²) in [5, 5.41) is 7.92. The van der Waals surface area contributed by atoms with Crippen molar-refractivity contribution in [2.75, 3.05) is 44.2 Å². The van der Waals surface area contributed by atoms with Crippen LogP contribution in [0.25, 0.3) is 16.6 Å². The fourth-order valence-electron chi connectivity index (χ4n) is 4.64. The van der Waals surface area contributed by atoms with E-state index in [0.29, 0.717) is 18.1 Å². The van der Waals surface area contributed by atoms with Crippen LogP contribution in [0.2, 0.25) is 0 Å². The molecule has 5 N–H and O–H groups in total. The van der Waals surface area contributed by atoms with E-state index in [0.717, 1.165) is 73.5 Å². The lowest BCUT2D eigenvalue weighted by Gasteiger charge is -2.26. The van der Waals surface area contributed by atoms with Crippen molar-refractivity contribution in [2.45, 2.75) is 19.4 Å². The Hall–Kier alpha value is -3.75. The number of hydrogen-bond acceptors (Lipinski definition) is 7. The summed E-state index contributed by atoms with van der Waals surface area (Å²) in [7, 11) is 0. The largest absolute Gasteiger partial charge is 0.398 e. The molecule has 8 heteroatoms. The van der Waals surface area contributed by atoms with Gasteiger partial charge in [0.25, 0.3) is 0 Å². The quantitative estimate of drug-likeness (QED) is 0.271. The monoisotopic (exact) mass is 468 g/mol. The number of nitrogen functional groups attached to an aromatic ring is 2. The van der Waals surface area contributed by atoms with Crippen LogP contribution >= 0.6 is 0 Å². The molecule has 0 amide bonds. The van der Waals surface area contributed by atoms with Crippen molar-refractivity contribution in [3.63, 3.8) is 0 Å². The lowest BCUT2D eigenvalue weighted by atomic mass is 10.0. The van der Waals surface area contributed by atoms with E-state index < -0.39 is 0 Å². The molecule has 4 aromatic rings. The predicted octanol–water partition coefficient (Wildman–Crippen LogP) is 3.02. The number of anilines is 2. The molecule has 35 heavy (non-hydrogen) atoms. The molecule has 0 atom stereocenters. The maximum Gasteiger partial charge on any atom is 0.151 e. The Balaban J connectivity index is 1.36. The highest BCUT2D eigenvalue weighted by Gasteiger charge is 2.16. The van der Waals surface area contributed by atoms with Crippen molar-refractivity contribution in [1.29, 1.82) is 0 Å². The molecule has 0 spiro atoms. The Morgan fingerprint density at radius 3 is 2.66 bits per heavy atom. The average molecular weight is 469 g/mol. The van der Waals surface area contributed by atoms with Crippen molar-refractivity contribution in [3.05, 3.63) is 77.7 Å². The minimum atomic E-state index is 0.468. The number of rotatable bonds is 8. The highest BCUT2D eigenvalue weighted by Crippen LogP contribution is 2.32. The highest BCUT2D eigenvalue weighted by molar-refractivity contribution is 5.93. The lowest BCUT2D eigenvalue weighted by molar-refractivity contribution is 0.238. The molecule has 1 fully saturated rings. The molecule has 5 rings (SSSR count). The second kappa shape index (κ2) is 10.7. The van der Waals surface area contributed by atoms with Crippen molar-refractivity contribution in [1.82, 2.24) is 24.8 Å². The Kier molecular flexibility index (Phi) is 7.02. The third-order valence-corrected chi connectivity index (χ3v) is 6.52. The van der Waals surface area contributed by atoms with Gasteiger partial charge in [0.15, 0.2) is 5.82 Å². The molecule has 1 aliphatic rings. The van der Waals surface area contributed by atoms with Gasteiger partial charge < -0.3 is 21.7 Å². The number of aryl methyl sites for hydroxylation is 1. The first-order valence-electron chi connectivity index (χ1n) is 12.2. The van der Waals surface area contributed by atoms with Gasteiger partial charge in [0.2, 0.25) is 0 Å². The molecule has 0 aliphatic carbocycles. The van der Waals surface area contributed by atoms with Crippen LogP contribution in [0.1, 0.15) is 23.2 Å². The van der Waals surface area contributed by atoms with Gasteiger partial charge in [-0.15, -0.1) is 0 Å². The van der Waals surface area contributed by atoms with E-state index in [4.69, 9.17) is 11.5 Å². The van der Waals surface area contributed by atoms with E-state index in [1.165, 1.54) is 11.9 Å². The van der Waals surface area contributed by atoms with Gasteiger partial charge in [-0.1, -0.05) is 42.5 Å². The third kappa shape index (κ3) is 5.34. The zero-order valence-corrected chi connectivity index (χ0v) is 19.9. The summed E-state index contributed by atoms with van der Waals surface area (Å²) < 4.78 is 1.93. The molecule has 0 bridgehead atoms. The summed E-state index contributed by atoms with van der Waals surface area (Å²) in [6, 6.07) is 18.4.